The molecule has 0 radical (unpaired) electrons. The summed E-state index contributed by atoms with van der Waals surface area (Å²) in [6.45, 7) is 6.93. The lowest BCUT2D eigenvalue weighted by Gasteiger charge is -2.16. The molecule has 5 heteroatoms. The van der Waals surface area contributed by atoms with Gasteiger partial charge in [0, 0.05) is 12.6 Å². The van der Waals surface area contributed by atoms with Crippen LogP contribution in [0.15, 0.2) is 29.1 Å². The molecule has 1 aromatic heterocycles. The largest absolute Gasteiger partial charge is 0.497 e. The summed E-state index contributed by atoms with van der Waals surface area (Å²) in [6, 6.07) is 7.46. The summed E-state index contributed by atoms with van der Waals surface area (Å²) in [5.41, 5.74) is 7.89. The topological polar surface area (TPSA) is 62.2 Å². The minimum Gasteiger partial charge on any atom is -0.497 e. The molecule has 0 amide bonds. The molecule has 0 spiro atoms. The highest BCUT2D eigenvalue weighted by Gasteiger charge is 2.20. The number of hydrogen-bond donors (Lipinski definition) is 1. The van der Waals surface area contributed by atoms with E-state index in [-0.39, 0.29) is 11.5 Å². The van der Waals surface area contributed by atoms with Crippen LogP contribution < -0.4 is 16.0 Å². The number of nitrogens with zero attached hydrogens (tertiary/aromatic N) is 2. The summed E-state index contributed by atoms with van der Waals surface area (Å²) in [6.07, 6.45) is 0.928. The van der Waals surface area contributed by atoms with E-state index >= 15 is 0 Å². The van der Waals surface area contributed by atoms with Crippen LogP contribution in [-0.2, 0) is 6.54 Å². The number of anilines is 1. The maximum atomic E-state index is 12.6. The van der Waals surface area contributed by atoms with E-state index in [0.29, 0.717) is 11.4 Å². The quantitative estimate of drug-likeness (QED) is 0.920. The monoisotopic (exact) mass is 289 g/mol. The number of rotatable bonds is 5. The molecule has 2 N–H and O–H groups in total. The summed E-state index contributed by atoms with van der Waals surface area (Å²) in [5, 5.41) is 0. The molecule has 1 aromatic carbocycles. The van der Waals surface area contributed by atoms with Crippen LogP contribution >= 0.6 is 0 Å². The third-order valence-corrected chi connectivity index (χ3v) is 3.50. The van der Waals surface area contributed by atoms with Crippen molar-refractivity contribution in [2.24, 2.45) is 0 Å². The van der Waals surface area contributed by atoms with Crippen LogP contribution in [0.1, 0.15) is 38.8 Å². The zero-order valence-electron chi connectivity index (χ0n) is 13.1. The van der Waals surface area contributed by atoms with E-state index in [1.807, 2.05) is 42.8 Å². The maximum absolute atomic E-state index is 12.6. The van der Waals surface area contributed by atoms with Crippen molar-refractivity contribution in [3.63, 3.8) is 0 Å². The van der Waals surface area contributed by atoms with Gasteiger partial charge in [-0.15, -0.1) is 0 Å². The van der Waals surface area contributed by atoms with Crippen LogP contribution in [0.5, 0.6) is 5.75 Å². The van der Waals surface area contributed by atoms with Crippen molar-refractivity contribution in [2.45, 2.75) is 39.7 Å². The summed E-state index contributed by atoms with van der Waals surface area (Å²) >= 11 is 0. The second kappa shape index (κ2) is 6.08. The fraction of sp³-hybridized carbons (Fsp3) is 0.438. The van der Waals surface area contributed by atoms with Gasteiger partial charge in [-0.3, -0.25) is 9.48 Å². The van der Waals surface area contributed by atoms with Gasteiger partial charge in [0.25, 0.3) is 5.56 Å². The second-order valence-corrected chi connectivity index (χ2v) is 5.40. The first-order valence-electron chi connectivity index (χ1n) is 7.26. The van der Waals surface area contributed by atoms with Crippen molar-refractivity contribution in [1.82, 2.24) is 9.36 Å². The first kappa shape index (κ1) is 15.2. The lowest BCUT2D eigenvalue weighted by atomic mass is 10.1. The van der Waals surface area contributed by atoms with Crippen molar-refractivity contribution in [2.75, 3.05) is 12.8 Å². The minimum atomic E-state index is -0.166. The van der Waals surface area contributed by atoms with Gasteiger partial charge < -0.3 is 10.5 Å². The SMILES string of the molecule is CCCn1c(C(C)C)c(N)c(=O)n1-c1cccc(OC)c1. The molecule has 21 heavy (non-hydrogen) atoms. The fourth-order valence-electron chi connectivity index (χ4n) is 2.62. The molecule has 2 aromatic rings. The standard InChI is InChI=1S/C16H23N3O2/c1-5-9-18-15(11(2)3)14(17)16(20)19(18)12-7-6-8-13(10-12)21-4/h6-8,10-11H,5,9,17H2,1-4H3. The Kier molecular flexibility index (Phi) is 4.40. The molecule has 0 fully saturated rings. The third kappa shape index (κ3) is 2.68. The Hall–Kier alpha value is -2.17. The molecule has 0 saturated heterocycles. The highest BCUT2D eigenvalue weighted by molar-refractivity contribution is 5.48. The summed E-state index contributed by atoms with van der Waals surface area (Å²) < 4.78 is 8.88. The van der Waals surface area contributed by atoms with Crippen LogP contribution in [0.25, 0.3) is 5.69 Å². The van der Waals surface area contributed by atoms with Crippen molar-refractivity contribution < 1.29 is 4.74 Å². The van der Waals surface area contributed by atoms with Crippen LogP contribution in [0.2, 0.25) is 0 Å². The minimum absolute atomic E-state index is 0.166. The van der Waals surface area contributed by atoms with Crippen LogP contribution in [-0.4, -0.2) is 16.5 Å². The Morgan fingerprint density at radius 2 is 2.05 bits per heavy atom. The van der Waals surface area contributed by atoms with Gasteiger partial charge in [0.1, 0.15) is 11.4 Å². The predicted octanol–water partition coefficient (Wildman–Crippen LogP) is 2.76. The zero-order chi connectivity index (χ0) is 15.6. The maximum Gasteiger partial charge on any atom is 0.294 e. The number of benzene rings is 1. The Morgan fingerprint density at radius 1 is 1.33 bits per heavy atom. The summed E-state index contributed by atoms with van der Waals surface area (Å²) in [4.78, 5) is 12.6. The zero-order valence-corrected chi connectivity index (χ0v) is 13.1. The van der Waals surface area contributed by atoms with E-state index < -0.39 is 0 Å². The Balaban J connectivity index is 2.72. The molecule has 114 valence electrons. The molecule has 0 bridgehead atoms. The molecule has 0 aliphatic heterocycles. The van der Waals surface area contributed by atoms with Gasteiger partial charge >= 0.3 is 0 Å². The molecule has 2 rings (SSSR count). The lowest BCUT2D eigenvalue weighted by Crippen LogP contribution is -2.22. The number of methoxy groups -OCH3 is 1. The van der Waals surface area contributed by atoms with E-state index in [9.17, 15) is 4.79 Å². The van der Waals surface area contributed by atoms with E-state index in [2.05, 4.69) is 6.92 Å². The smallest absolute Gasteiger partial charge is 0.294 e. The first-order valence-corrected chi connectivity index (χ1v) is 7.26. The van der Waals surface area contributed by atoms with Crippen LogP contribution in [0, 0.1) is 0 Å². The molecule has 0 aliphatic rings. The first-order chi connectivity index (χ1) is 10.0. The van der Waals surface area contributed by atoms with Gasteiger partial charge in [0.2, 0.25) is 0 Å². The van der Waals surface area contributed by atoms with E-state index in [0.717, 1.165) is 24.3 Å². The second-order valence-electron chi connectivity index (χ2n) is 5.40. The average Bonchev–Trinajstić information content (AvgIpc) is 2.71. The van der Waals surface area contributed by atoms with E-state index in [1.165, 1.54) is 0 Å². The Morgan fingerprint density at radius 3 is 2.62 bits per heavy atom. The van der Waals surface area contributed by atoms with Gasteiger partial charge in [-0.2, -0.15) is 0 Å². The number of aromatic nitrogens is 2. The average molecular weight is 289 g/mol. The molecule has 0 aliphatic carbocycles. The molecule has 0 atom stereocenters. The molecule has 0 unspecified atom stereocenters. The van der Waals surface area contributed by atoms with Gasteiger partial charge in [0.15, 0.2) is 0 Å². The van der Waals surface area contributed by atoms with Gasteiger partial charge in [0.05, 0.1) is 18.5 Å². The normalized spacial score (nSPS) is 11.1. The van der Waals surface area contributed by atoms with Crippen molar-refractivity contribution in [3.05, 3.63) is 40.3 Å². The molecule has 0 saturated carbocycles. The molecular formula is C16H23N3O2. The molecule has 5 nitrogen and oxygen atoms in total. The number of nitrogen functional groups attached to an aromatic ring is 1. The van der Waals surface area contributed by atoms with Crippen molar-refractivity contribution in [1.29, 1.82) is 0 Å². The number of nitrogens with two attached hydrogens (primary N) is 1. The highest BCUT2D eigenvalue weighted by atomic mass is 16.5. The lowest BCUT2D eigenvalue weighted by molar-refractivity contribution is 0.413. The van der Waals surface area contributed by atoms with Gasteiger partial charge in [-0.05, 0) is 24.5 Å². The van der Waals surface area contributed by atoms with Gasteiger partial charge in [-0.1, -0.05) is 26.8 Å². The van der Waals surface area contributed by atoms with E-state index in [1.54, 1.807) is 11.8 Å². The van der Waals surface area contributed by atoms with Crippen molar-refractivity contribution in [3.8, 4) is 11.4 Å². The Labute approximate surface area is 124 Å². The van der Waals surface area contributed by atoms with Gasteiger partial charge in [-0.25, -0.2) is 4.68 Å². The molecule has 1 heterocycles. The fourth-order valence-corrected chi connectivity index (χ4v) is 2.62. The third-order valence-electron chi connectivity index (χ3n) is 3.50. The van der Waals surface area contributed by atoms with E-state index in [4.69, 9.17) is 10.5 Å². The Bertz CT molecular complexity index is 683. The van der Waals surface area contributed by atoms with Crippen molar-refractivity contribution >= 4 is 5.69 Å². The number of ether oxygens (including phenoxy) is 1. The molecular weight excluding hydrogens is 266 g/mol. The number of hydrogen-bond acceptors (Lipinski definition) is 3. The predicted molar refractivity (Wildman–Crippen MR) is 85.4 cm³/mol. The van der Waals surface area contributed by atoms with Crippen LogP contribution in [0.4, 0.5) is 5.69 Å². The summed E-state index contributed by atoms with van der Waals surface area (Å²) in [5.74, 6) is 0.907. The summed E-state index contributed by atoms with van der Waals surface area (Å²) in [7, 11) is 1.61. The highest BCUT2D eigenvalue weighted by Crippen LogP contribution is 2.23. The van der Waals surface area contributed by atoms with Crippen LogP contribution in [0.3, 0.4) is 0 Å².